The molecule has 0 amide bonds. The van der Waals surface area contributed by atoms with Gasteiger partial charge in [-0.05, 0) is 12.1 Å². The predicted molar refractivity (Wildman–Crippen MR) is 143 cm³/mol. The number of nitrogens with two attached hydrogens (primary N) is 1. The fourth-order valence-electron chi connectivity index (χ4n) is 2.71. The lowest BCUT2D eigenvalue weighted by molar-refractivity contribution is -0.0249. The van der Waals surface area contributed by atoms with Crippen molar-refractivity contribution in [3.8, 4) is 18.1 Å². The molecule has 0 saturated heterocycles. The van der Waals surface area contributed by atoms with Crippen molar-refractivity contribution in [1.82, 2.24) is 0 Å². The van der Waals surface area contributed by atoms with E-state index < -0.39 is 0 Å². The van der Waals surface area contributed by atoms with Crippen LogP contribution < -0.4 is 10.5 Å². The average Bonchev–Trinajstić information content (AvgIpc) is 2.93. The van der Waals surface area contributed by atoms with Crippen molar-refractivity contribution in [3.63, 3.8) is 0 Å². The maximum Gasteiger partial charge on any atom is 0.142 e. The van der Waals surface area contributed by atoms with Crippen LogP contribution >= 0.6 is 0 Å². The quantitative estimate of drug-likeness (QED) is 0.0898. The van der Waals surface area contributed by atoms with Crippen molar-refractivity contribution in [2.45, 2.75) is 0 Å². The number of anilines is 1. The van der Waals surface area contributed by atoms with E-state index in [0.29, 0.717) is 137 Å². The normalized spacial score (nSPS) is 11.0. The molecule has 2 N–H and O–H groups in total. The lowest BCUT2D eigenvalue weighted by Crippen LogP contribution is -2.15. The summed E-state index contributed by atoms with van der Waals surface area (Å²) >= 11 is 0. The highest BCUT2D eigenvalue weighted by Crippen LogP contribution is 2.19. The van der Waals surface area contributed by atoms with Crippen LogP contribution in [-0.4, -0.2) is 126 Å². The fraction of sp³-hybridized carbons (Fsp3) is 0.704. The zero-order valence-electron chi connectivity index (χ0n) is 22.5. The molecule has 0 aromatic heterocycles. The summed E-state index contributed by atoms with van der Waals surface area (Å²) in [6, 6.07) is 7.37. The van der Waals surface area contributed by atoms with Crippen LogP contribution in [0, 0.1) is 12.3 Å². The molecule has 38 heavy (non-hydrogen) atoms. The van der Waals surface area contributed by atoms with Crippen LogP contribution in [0.15, 0.2) is 24.3 Å². The topological polar surface area (TPSA) is 118 Å². The summed E-state index contributed by atoms with van der Waals surface area (Å²) in [6.45, 7) is 9.34. The van der Waals surface area contributed by atoms with Crippen LogP contribution in [0.25, 0.3) is 0 Å². The minimum Gasteiger partial charge on any atom is -0.489 e. The number of terminal acetylenes is 1. The highest BCUT2D eigenvalue weighted by Gasteiger charge is 1.98. The maximum absolute atomic E-state index is 5.81. The van der Waals surface area contributed by atoms with Crippen LogP contribution in [-0.2, 0) is 42.6 Å². The van der Waals surface area contributed by atoms with E-state index in [2.05, 4.69) is 5.92 Å². The standard InChI is InChI=1S/C27H45NO10/c1-2-7-29-8-9-30-10-11-31-12-13-32-14-15-33-16-17-34-18-19-35-20-21-36-22-23-37-24-25-38-27-6-4-3-5-26(27)28/h1,3-6H,7-25,28H2. The summed E-state index contributed by atoms with van der Waals surface area (Å²) in [5.74, 6) is 3.06. The van der Waals surface area contributed by atoms with Gasteiger partial charge in [-0.1, -0.05) is 18.1 Å². The molecular weight excluding hydrogens is 498 g/mol. The van der Waals surface area contributed by atoms with Crippen LogP contribution in [0.5, 0.6) is 5.75 Å². The number of ether oxygens (including phenoxy) is 10. The molecule has 218 valence electrons. The number of rotatable bonds is 29. The maximum atomic E-state index is 5.81. The molecule has 0 saturated carbocycles. The third-order valence-electron chi connectivity index (χ3n) is 4.57. The molecule has 0 heterocycles. The predicted octanol–water partition coefficient (Wildman–Crippen LogP) is 1.43. The molecule has 0 aliphatic heterocycles. The van der Waals surface area contributed by atoms with E-state index in [4.69, 9.17) is 59.5 Å². The second-order valence-electron chi connectivity index (χ2n) is 7.54. The minimum atomic E-state index is 0.308. The van der Waals surface area contributed by atoms with Crippen molar-refractivity contribution < 1.29 is 47.4 Å². The largest absolute Gasteiger partial charge is 0.489 e. The number of hydrogen-bond acceptors (Lipinski definition) is 11. The van der Waals surface area contributed by atoms with E-state index in [1.165, 1.54) is 0 Å². The summed E-state index contributed by atoms with van der Waals surface area (Å²) in [6.07, 6.45) is 5.07. The first-order valence-electron chi connectivity index (χ1n) is 12.9. The van der Waals surface area contributed by atoms with Gasteiger partial charge in [-0.3, -0.25) is 0 Å². The lowest BCUT2D eigenvalue weighted by atomic mass is 10.3. The van der Waals surface area contributed by atoms with Gasteiger partial charge in [-0.2, -0.15) is 0 Å². The number of nitrogen functional groups attached to an aromatic ring is 1. The second kappa shape index (κ2) is 28.0. The highest BCUT2D eigenvalue weighted by molar-refractivity contribution is 5.51. The molecule has 0 aliphatic carbocycles. The molecule has 0 fully saturated rings. The van der Waals surface area contributed by atoms with E-state index >= 15 is 0 Å². The first kappa shape index (κ1) is 34.0. The smallest absolute Gasteiger partial charge is 0.142 e. The van der Waals surface area contributed by atoms with Crippen LogP contribution in [0.3, 0.4) is 0 Å². The molecule has 11 heteroatoms. The summed E-state index contributed by atoms with van der Waals surface area (Å²) in [5.41, 5.74) is 6.42. The molecule has 0 aliphatic rings. The fourth-order valence-corrected chi connectivity index (χ4v) is 2.71. The third kappa shape index (κ3) is 23.2. The van der Waals surface area contributed by atoms with E-state index in [9.17, 15) is 0 Å². The molecule has 0 radical (unpaired) electrons. The van der Waals surface area contributed by atoms with Crippen LogP contribution in [0.2, 0.25) is 0 Å². The Morgan fingerprint density at radius 1 is 0.474 bits per heavy atom. The molecule has 0 unspecified atom stereocenters. The van der Waals surface area contributed by atoms with Gasteiger partial charge in [0.2, 0.25) is 0 Å². The second-order valence-corrected chi connectivity index (χ2v) is 7.54. The summed E-state index contributed by atoms with van der Waals surface area (Å²) in [5, 5.41) is 0. The molecule has 1 aromatic rings. The number of hydrogen-bond donors (Lipinski definition) is 1. The van der Waals surface area contributed by atoms with Gasteiger partial charge in [0.15, 0.2) is 0 Å². The van der Waals surface area contributed by atoms with E-state index in [1.54, 1.807) is 6.07 Å². The lowest BCUT2D eigenvalue weighted by Gasteiger charge is -2.09. The molecule has 11 nitrogen and oxygen atoms in total. The average molecular weight is 544 g/mol. The van der Waals surface area contributed by atoms with Gasteiger partial charge in [-0.15, -0.1) is 6.42 Å². The Bertz CT molecular complexity index is 674. The SMILES string of the molecule is C#CCOCCOCCOCCOCCOCCOCCOCCOCCOCCOc1ccccc1N. The molecule has 0 spiro atoms. The Hall–Kier alpha value is -1.98. The van der Waals surface area contributed by atoms with Gasteiger partial charge in [0.25, 0.3) is 0 Å². The van der Waals surface area contributed by atoms with Gasteiger partial charge >= 0.3 is 0 Å². The van der Waals surface area contributed by atoms with Crippen molar-refractivity contribution in [2.75, 3.05) is 131 Å². The summed E-state index contributed by atoms with van der Waals surface area (Å²) in [4.78, 5) is 0. The zero-order chi connectivity index (χ0) is 27.2. The van der Waals surface area contributed by atoms with Crippen molar-refractivity contribution in [2.24, 2.45) is 0 Å². The van der Waals surface area contributed by atoms with E-state index in [0.717, 1.165) is 0 Å². The van der Waals surface area contributed by atoms with Crippen molar-refractivity contribution in [1.29, 1.82) is 0 Å². The van der Waals surface area contributed by atoms with Gasteiger partial charge in [0.1, 0.15) is 19.0 Å². The molecule has 1 aromatic carbocycles. The minimum absolute atomic E-state index is 0.308. The Balaban J connectivity index is 1.65. The van der Waals surface area contributed by atoms with Gasteiger partial charge in [-0.25, -0.2) is 0 Å². The van der Waals surface area contributed by atoms with E-state index in [1.807, 2.05) is 18.2 Å². The van der Waals surface area contributed by atoms with Gasteiger partial charge < -0.3 is 53.1 Å². The third-order valence-corrected chi connectivity index (χ3v) is 4.57. The molecule has 0 bridgehead atoms. The zero-order valence-corrected chi connectivity index (χ0v) is 22.5. The Morgan fingerprint density at radius 3 is 1.13 bits per heavy atom. The highest BCUT2D eigenvalue weighted by atomic mass is 16.6. The summed E-state index contributed by atoms with van der Waals surface area (Å²) in [7, 11) is 0. The van der Waals surface area contributed by atoms with Crippen molar-refractivity contribution in [3.05, 3.63) is 24.3 Å². The van der Waals surface area contributed by atoms with Crippen LogP contribution in [0.1, 0.15) is 0 Å². The first-order chi connectivity index (χ1) is 18.8. The molecular formula is C27H45NO10. The Kier molecular flexibility index (Phi) is 25.1. The van der Waals surface area contributed by atoms with Crippen molar-refractivity contribution >= 4 is 5.69 Å². The Labute approximate surface area is 227 Å². The van der Waals surface area contributed by atoms with E-state index in [-0.39, 0.29) is 0 Å². The number of para-hydroxylation sites is 2. The molecule has 1 rings (SSSR count). The monoisotopic (exact) mass is 543 g/mol. The number of benzene rings is 1. The first-order valence-corrected chi connectivity index (χ1v) is 12.9. The van der Waals surface area contributed by atoms with Crippen LogP contribution in [0.4, 0.5) is 5.69 Å². The summed E-state index contributed by atoms with van der Waals surface area (Å²) < 4.78 is 54.1. The molecule has 0 atom stereocenters. The Morgan fingerprint density at radius 2 is 0.789 bits per heavy atom. The van der Waals surface area contributed by atoms with Gasteiger partial charge in [0.05, 0.1) is 118 Å². The van der Waals surface area contributed by atoms with Gasteiger partial charge in [0, 0.05) is 0 Å².